The molecule has 0 aliphatic rings. The molecule has 0 unspecified atom stereocenters. The van der Waals surface area contributed by atoms with Crippen molar-refractivity contribution in [2.45, 2.75) is 16.7 Å². The predicted molar refractivity (Wildman–Crippen MR) is 149 cm³/mol. The van der Waals surface area contributed by atoms with Crippen molar-refractivity contribution in [3.05, 3.63) is 71.8 Å². The second kappa shape index (κ2) is 13.3. The number of carbonyl (C=O) groups excluding carboxylic acids is 1. The summed E-state index contributed by atoms with van der Waals surface area (Å²) < 4.78 is 92.6. The third-order valence-corrected chi connectivity index (χ3v) is 8.74. The molecule has 17 heteroatoms. The molecule has 3 rings (SSSR count). The van der Waals surface area contributed by atoms with Crippen LogP contribution in [0.4, 0.5) is 11.4 Å². The van der Waals surface area contributed by atoms with E-state index in [4.69, 9.17) is 8.19 Å². The summed E-state index contributed by atoms with van der Waals surface area (Å²) in [5.74, 6) is -0.850. The fourth-order valence-electron chi connectivity index (χ4n) is 3.09. The van der Waals surface area contributed by atoms with Gasteiger partial charge in [-0.1, -0.05) is 36.4 Å². The summed E-state index contributed by atoms with van der Waals surface area (Å²) in [4.78, 5) is 13.5. The molecule has 0 radical (unpaired) electrons. The van der Waals surface area contributed by atoms with Crippen molar-refractivity contribution in [1.82, 2.24) is 0 Å². The van der Waals surface area contributed by atoms with Gasteiger partial charge < -0.3 is 0 Å². The van der Waals surface area contributed by atoms with Gasteiger partial charge in [0, 0.05) is 0 Å². The molecule has 3 aromatic carbocycles. The third kappa shape index (κ3) is 9.64. The largest absolute Gasteiger partial charge is 0.295 e. The first-order valence-corrected chi connectivity index (χ1v) is 17.2. The number of carbonyl (C=O) groups is 1. The van der Waals surface area contributed by atoms with Gasteiger partial charge in [-0.3, -0.25) is 9.11 Å². The van der Waals surface area contributed by atoms with E-state index in [-0.39, 0.29) is 33.3 Å². The maximum Gasteiger partial charge on any atom is 0.295 e. The number of nitrogens with zero attached hydrogens (tertiary/aromatic N) is 1. The number of amides is 1. The number of phenols is 1. The molecule has 0 saturated heterocycles. The van der Waals surface area contributed by atoms with Crippen molar-refractivity contribution in [3.63, 3.8) is 0 Å². The van der Waals surface area contributed by atoms with Crippen molar-refractivity contribution < 1.29 is 47.8 Å². The van der Waals surface area contributed by atoms with Crippen LogP contribution in [0.15, 0.2) is 75.4 Å². The predicted octanol–water partition coefficient (Wildman–Crippen LogP) is 2.00. The van der Waals surface area contributed by atoms with Gasteiger partial charge in [0.25, 0.3) is 20.2 Å². The van der Waals surface area contributed by atoms with Gasteiger partial charge in [-0.15, -0.1) is 0 Å². The number of hydrogen-bond donors (Lipinski definition) is 6. The molecule has 3 aromatic rings. The van der Waals surface area contributed by atoms with E-state index in [1.54, 1.807) is 6.07 Å². The Morgan fingerprint density at radius 1 is 0.925 bits per heavy atom. The van der Waals surface area contributed by atoms with Gasteiger partial charge in [0.1, 0.15) is 9.79 Å². The zero-order valence-corrected chi connectivity index (χ0v) is 24.6. The van der Waals surface area contributed by atoms with Crippen molar-refractivity contribution in [3.8, 4) is 5.75 Å². The van der Waals surface area contributed by atoms with Crippen LogP contribution in [0.1, 0.15) is 18.1 Å². The number of nitrogens with one attached hydrogen (secondary N) is 1. The number of benzene rings is 3. The second-order valence-electron chi connectivity index (χ2n) is 7.68. The first-order valence-electron chi connectivity index (χ1n) is 10.5. The molecule has 212 valence electrons. The van der Waals surface area contributed by atoms with E-state index >= 15 is 0 Å². The fraction of sp³-hybridized carbons (Fsp3) is 0.0435. The van der Waals surface area contributed by atoms with Crippen molar-refractivity contribution in [1.29, 1.82) is 0 Å². The molecule has 1 amide bonds. The minimum atomic E-state index is -5.09. The Morgan fingerprint density at radius 2 is 1.50 bits per heavy atom. The number of phenolic OH excluding ortho intramolecular Hbond substituents is 1. The Kier molecular flexibility index (Phi) is 10.9. The molecule has 6 N–H and O–H groups in total. The zero-order valence-electron chi connectivity index (χ0n) is 20.2. The molecular weight excluding hydrogens is 651 g/mol. The van der Waals surface area contributed by atoms with Crippen molar-refractivity contribution >= 4 is 85.6 Å². The van der Waals surface area contributed by atoms with E-state index in [0.29, 0.717) is 0 Å². The average molecular weight is 673 g/mol. The minimum absolute atomic E-state index is 0.0935. The summed E-state index contributed by atoms with van der Waals surface area (Å²) >= 11 is -0.642. The summed E-state index contributed by atoms with van der Waals surface area (Å²) in [6.45, 7) is 1.29. The standard InChI is InChI=1S/C15H11NO6S3.C8H10AsNO5/c17-24(18,19)14-4-2-1-3-11(14)5-6-12-7-8-13(16-10-23)9-15(12)25(20,21)22;1-5(11)10-6-2-3-7(8(12)4-6)9(13,14)15/h1-9H,(H,17,18,19)(H,20,21,22);2-4,12H,1H3,(H,10,11)(H2,13,14,15). The molecular formula is C23H21AsN2O11S3. The molecule has 40 heavy (non-hydrogen) atoms. The third-order valence-electron chi connectivity index (χ3n) is 4.70. The maximum absolute atomic E-state index is 11.5. The van der Waals surface area contributed by atoms with Crippen LogP contribution in [-0.2, 0) is 28.8 Å². The smallest absolute Gasteiger partial charge is 0.282 e. The Hall–Kier alpha value is -3.43. The Morgan fingerprint density at radius 3 is 2.00 bits per heavy atom. The van der Waals surface area contributed by atoms with Gasteiger partial charge in [-0.25, -0.2) is 0 Å². The molecule has 0 atom stereocenters. The molecule has 0 aromatic heterocycles. The van der Waals surface area contributed by atoms with Gasteiger partial charge in [-0.2, -0.15) is 21.8 Å². The molecule has 0 spiro atoms. The number of hydrogen-bond acceptors (Lipinski definition) is 9. The Bertz CT molecular complexity index is 1780. The topological polar surface area (TPSA) is 228 Å². The number of thiocarbonyl (C=S) groups is 1. The number of rotatable bonds is 7. The van der Waals surface area contributed by atoms with E-state index in [1.165, 1.54) is 55.5 Å². The van der Waals surface area contributed by atoms with Crippen LogP contribution < -0.4 is 9.67 Å². The molecule has 0 bridgehead atoms. The number of anilines is 1. The van der Waals surface area contributed by atoms with Crippen LogP contribution in [0.2, 0.25) is 0 Å². The minimum Gasteiger partial charge on any atom is -0.282 e. The summed E-state index contributed by atoms with van der Waals surface area (Å²) in [5, 5.41) is 13.8. The summed E-state index contributed by atoms with van der Waals surface area (Å²) in [5.41, 5.74) is 0.703. The number of aromatic hydroxyl groups is 1. The average Bonchev–Trinajstić information content (AvgIpc) is 2.81. The normalized spacial score (nSPS) is 11.7. The fourth-order valence-corrected chi connectivity index (χ4v) is 5.91. The van der Waals surface area contributed by atoms with Crippen LogP contribution >= 0.6 is 12.2 Å². The zero-order chi connectivity index (χ0) is 30.3. The van der Waals surface area contributed by atoms with E-state index in [2.05, 4.69) is 27.7 Å². The number of isothiocyanates is 1. The van der Waals surface area contributed by atoms with E-state index in [9.17, 15) is 39.6 Å². The van der Waals surface area contributed by atoms with Crippen LogP contribution in [0.25, 0.3) is 12.2 Å². The monoisotopic (exact) mass is 672 g/mol. The summed E-state index contributed by atoms with van der Waals surface area (Å²) in [7, 11) is -9.00. The summed E-state index contributed by atoms with van der Waals surface area (Å²) in [6, 6.07) is 13.0. The van der Waals surface area contributed by atoms with Crippen LogP contribution in [0, 0.1) is 0 Å². The molecule has 0 heterocycles. The van der Waals surface area contributed by atoms with Crippen molar-refractivity contribution in [2.24, 2.45) is 4.99 Å². The summed E-state index contributed by atoms with van der Waals surface area (Å²) in [6.07, 6.45) is 2.59. The van der Waals surface area contributed by atoms with E-state index in [0.717, 1.165) is 18.2 Å². The van der Waals surface area contributed by atoms with Crippen LogP contribution in [0.5, 0.6) is 5.75 Å². The second-order valence-corrected chi connectivity index (χ2v) is 13.9. The van der Waals surface area contributed by atoms with Gasteiger partial charge >= 0.3 is 88.1 Å². The first-order chi connectivity index (χ1) is 18.4. The molecule has 0 saturated carbocycles. The van der Waals surface area contributed by atoms with Crippen LogP contribution in [-0.4, -0.2) is 64.5 Å². The number of aliphatic imine (C=N–C) groups is 1. The van der Waals surface area contributed by atoms with Gasteiger partial charge in [0.2, 0.25) is 0 Å². The van der Waals surface area contributed by atoms with E-state index < -0.39 is 49.4 Å². The van der Waals surface area contributed by atoms with Crippen LogP contribution in [0.3, 0.4) is 0 Å². The SMILES string of the molecule is CC(=O)Nc1ccc([As](=O)(O)O)c(O)c1.O=S(=O)(O)c1ccccc1C=Cc1ccc(N=C=S)cc1S(=O)(=O)O. The van der Waals surface area contributed by atoms with E-state index in [1.807, 2.05) is 0 Å². The first kappa shape index (κ1) is 32.8. The molecule has 13 nitrogen and oxygen atoms in total. The molecule has 0 aliphatic heterocycles. The van der Waals surface area contributed by atoms with Crippen molar-refractivity contribution in [2.75, 3.05) is 5.32 Å². The maximum atomic E-state index is 11.5. The molecule has 0 fully saturated rings. The van der Waals surface area contributed by atoms with Gasteiger partial charge in [-0.05, 0) is 41.5 Å². The van der Waals surface area contributed by atoms with Gasteiger partial charge in [0.05, 0.1) is 10.8 Å². The quantitative estimate of drug-likeness (QED) is 0.0697. The molecule has 0 aliphatic carbocycles. The Labute approximate surface area is 237 Å². The van der Waals surface area contributed by atoms with Gasteiger partial charge in [0.15, 0.2) is 0 Å². The Balaban J connectivity index is 0.000000319.